The van der Waals surface area contributed by atoms with Gasteiger partial charge in [0.25, 0.3) is 0 Å². The number of carbonyl (C=O) groups is 2. The Balaban J connectivity index is 1.88. The highest BCUT2D eigenvalue weighted by molar-refractivity contribution is 6.31. The summed E-state index contributed by atoms with van der Waals surface area (Å²) in [6, 6.07) is 11.9. The van der Waals surface area contributed by atoms with E-state index in [1.165, 1.54) is 7.11 Å². The van der Waals surface area contributed by atoms with Gasteiger partial charge in [-0.05, 0) is 48.9 Å². The van der Waals surface area contributed by atoms with Crippen LogP contribution in [0.25, 0.3) is 0 Å². The quantitative estimate of drug-likeness (QED) is 0.643. The zero-order chi connectivity index (χ0) is 18.9. The van der Waals surface area contributed by atoms with Gasteiger partial charge in [-0.3, -0.25) is 9.59 Å². The van der Waals surface area contributed by atoms with Crippen molar-refractivity contribution in [3.05, 3.63) is 53.1 Å². The summed E-state index contributed by atoms with van der Waals surface area (Å²) in [6.45, 7) is 2.67. The molecule has 0 aliphatic carbocycles. The van der Waals surface area contributed by atoms with Crippen LogP contribution in [0, 0.1) is 0 Å². The Morgan fingerprint density at radius 3 is 2.46 bits per heavy atom. The molecule has 0 unspecified atom stereocenters. The van der Waals surface area contributed by atoms with E-state index in [-0.39, 0.29) is 24.5 Å². The Hall–Kier alpha value is -2.53. The van der Waals surface area contributed by atoms with Gasteiger partial charge in [0.15, 0.2) is 5.78 Å². The molecule has 0 bridgehead atoms. The van der Waals surface area contributed by atoms with Crippen molar-refractivity contribution >= 4 is 29.0 Å². The summed E-state index contributed by atoms with van der Waals surface area (Å²) in [5.41, 5.74) is 1.04. The minimum Gasteiger partial charge on any atom is -0.495 e. The van der Waals surface area contributed by atoms with Crippen LogP contribution in [0.15, 0.2) is 42.5 Å². The number of Topliss-reactive ketones (excluding diaryl/α,β-unsaturated/α-hetero) is 1. The van der Waals surface area contributed by atoms with E-state index >= 15 is 0 Å². The van der Waals surface area contributed by atoms with Crippen LogP contribution in [0.1, 0.15) is 36.5 Å². The highest BCUT2D eigenvalue weighted by Gasteiger charge is 2.12. The van der Waals surface area contributed by atoms with Crippen molar-refractivity contribution in [1.29, 1.82) is 0 Å². The van der Waals surface area contributed by atoms with Gasteiger partial charge in [-0.2, -0.15) is 0 Å². The summed E-state index contributed by atoms with van der Waals surface area (Å²) in [6.07, 6.45) is 1.11. The molecule has 2 aromatic rings. The second-order valence-corrected chi connectivity index (χ2v) is 6.13. The normalized spacial score (nSPS) is 10.3. The third-order valence-corrected chi connectivity index (χ3v) is 3.90. The van der Waals surface area contributed by atoms with Crippen molar-refractivity contribution < 1.29 is 19.1 Å². The van der Waals surface area contributed by atoms with Crippen LogP contribution < -0.4 is 14.8 Å². The summed E-state index contributed by atoms with van der Waals surface area (Å²) in [5.74, 6) is 0.869. The number of nitrogens with one attached hydrogen (secondary N) is 1. The molecule has 0 atom stereocenters. The molecule has 26 heavy (non-hydrogen) atoms. The number of benzene rings is 2. The van der Waals surface area contributed by atoms with Crippen molar-refractivity contribution in [3.63, 3.8) is 0 Å². The van der Waals surface area contributed by atoms with Gasteiger partial charge in [0.1, 0.15) is 11.5 Å². The first kappa shape index (κ1) is 19.8. The fraction of sp³-hybridized carbons (Fsp3) is 0.300. The van der Waals surface area contributed by atoms with Crippen LogP contribution in [0.5, 0.6) is 11.5 Å². The lowest BCUT2D eigenvalue weighted by molar-refractivity contribution is -0.116. The van der Waals surface area contributed by atoms with Crippen molar-refractivity contribution in [3.8, 4) is 11.5 Å². The predicted octanol–water partition coefficient (Wildman–Crippen LogP) is 4.74. The SMILES string of the molecule is CCCOc1ccc(C(=O)CCC(=O)Nc2cc(Cl)ccc2OC)cc1. The molecule has 6 heteroatoms. The maximum Gasteiger partial charge on any atom is 0.224 e. The molecule has 1 amide bonds. The van der Waals surface area contributed by atoms with E-state index in [4.69, 9.17) is 21.1 Å². The third-order valence-electron chi connectivity index (χ3n) is 3.66. The fourth-order valence-corrected chi connectivity index (χ4v) is 2.49. The minimum atomic E-state index is -0.276. The molecule has 1 N–H and O–H groups in total. The molecule has 5 nitrogen and oxygen atoms in total. The number of anilines is 1. The lowest BCUT2D eigenvalue weighted by Crippen LogP contribution is -2.14. The molecule has 2 aromatic carbocycles. The van der Waals surface area contributed by atoms with Gasteiger partial charge in [0, 0.05) is 23.4 Å². The number of hydrogen-bond acceptors (Lipinski definition) is 4. The zero-order valence-electron chi connectivity index (χ0n) is 14.9. The number of ketones is 1. The summed E-state index contributed by atoms with van der Waals surface area (Å²) >= 11 is 5.94. The lowest BCUT2D eigenvalue weighted by atomic mass is 10.1. The fourth-order valence-electron chi connectivity index (χ4n) is 2.32. The first-order valence-corrected chi connectivity index (χ1v) is 8.80. The van der Waals surface area contributed by atoms with E-state index in [0.29, 0.717) is 28.6 Å². The highest BCUT2D eigenvalue weighted by atomic mass is 35.5. The van der Waals surface area contributed by atoms with Gasteiger partial charge >= 0.3 is 0 Å². The lowest BCUT2D eigenvalue weighted by Gasteiger charge is -2.10. The van der Waals surface area contributed by atoms with Crippen LogP contribution in [-0.2, 0) is 4.79 Å². The summed E-state index contributed by atoms with van der Waals surface area (Å²) < 4.78 is 10.7. The molecule has 0 aromatic heterocycles. The van der Waals surface area contributed by atoms with Gasteiger partial charge in [-0.1, -0.05) is 18.5 Å². The summed E-state index contributed by atoms with van der Waals surface area (Å²) in [4.78, 5) is 24.4. The molecule has 0 saturated heterocycles. The molecule has 0 spiro atoms. The van der Waals surface area contributed by atoms with E-state index in [1.807, 2.05) is 6.92 Å². The van der Waals surface area contributed by atoms with Gasteiger partial charge < -0.3 is 14.8 Å². The van der Waals surface area contributed by atoms with Crippen molar-refractivity contribution in [2.75, 3.05) is 19.0 Å². The molecule has 0 aliphatic heterocycles. The molecular weight excluding hydrogens is 354 g/mol. The predicted molar refractivity (Wildman–Crippen MR) is 102 cm³/mol. The van der Waals surface area contributed by atoms with Gasteiger partial charge in [-0.15, -0.1) is 0 Å². The van der Waals surface area contributed by atoms with Crippen LogP contribution in [-0.4, -0.2) is 25.4 Å². The first-order chi connectivity index (χ1) is 12.5. The number of amides is 1. The number of ether oxygens (including phenoxy) is 2. The Morgan fingerprint density at radius 2 is 1.81 bits per heavy atom. The Morgan fingerprint density at radius 1 is 1.08 bits per heavy atom. The molecule has 0 heterocycles. The second kappa shape index (κ2) is 9.82. The van der Waals surface area contributed by atoms with E-state index in [9.17, 15) is 9.59 Å². The number of halogens is 1. The van der Waals surface area contributed by atoms with Crippen LogP contribution >= 0.6 is 11.6 Å². The van der Waals surface area contributed by atoms with E-state index in [0.717, 1.165) is 12.2 Å². The van der Waals surface area contributed by atoms with Crippen LogP contribution in [0.2, 0.25) is 5.02 Å². The van der Waals surface area contributed by atoms with Gasteiger partial charge in [0.2, 0.25) is 5.91 Å². The maximum absolute atomic E-state index is 12.2. The van der Waals surface area contributed by atoms with E-state index < -0.39 is 0 Å². The summed E-state index contributed by atoms with van der Waals surface area (Å²) in [7, 11) is 1.51. The van der Waals surface area contributed by atoms with Crippen molar-refractivity contribution in [2.45, 2.75) is 26.2 Å². The Labute approximate surface area is 158 Å². The molecule has 0 radical (unpaired) electrons. The molecular formula is C20H22ClNO4. The number of methoxy groups -OCH3 is 1. The molecule has 0 aliphatic rings. The highest BCUT2D eigenvalue weighted by Crippen LogP contribution is 2.27. The molecule has 0 fully saturated rings. The third kappa shape index (κ3) is 5.77. The monoisotopic (exact) mass is 375 g/mol. The number of hydrogen-bond donors (Lipinski definition) is 1. The van der Waals surface area contributed by atoms with Crippen molar-refractivity contribution in [1.82, 2.24) is 0 Å². The standard InChI is InChI=1S/C20H22ClNO4/c1-3-12-26-16-7-4-14(5-8-16)18(23)9-11-20(24)22-17-13-15(21)6-10-19(17)25-2/h4-8,10,13H,3,9,11-12H2,1-2H3,(H,22,24). The number of rotatable bonds is 9. The van der Waals surface area contributed by atoms with Crippen LogP contribution in [0.3, 0.4) is 0 Å². The summed E-state index contributed by atoms with van der Waals surface area (Å²) in [5, 5.41) is 3.21. The first-order valence-electron chi connectivity index (χ1n) is 8.43. The maximum atomic E-state index is 12.2. The van der Waals surface area contributed by atoms with Gasteiger partial charge in [-0.25, -0.2) is 0 Å². The van der Waals surface area contributed by atoms with Crippen molar-refractivity contribution in [2.24, 2.45) is 0 Å². The topological polar surface area (TPSA) is 64.6 Å². The number of carbonyl (C=O) groups excluding carboxylic acids is 2. The van der Waals surface area contributed by atoms with E-state index in [2.05, 4.69) is 5.32 Å². The smallest absolute Gasteiger partial charge is 0.224 e. The molecule has 0 saturated carbocycles. The second-order valence-electron chi connectivity index (χ2n) is 5.69. The average Bonchev–Trinajstić information content (AvgIpc) is 2.65. The molecule has 2 rings (SSSR count). The Kier molecular flexibility index (Phi) is 7.48. The van der Waals surface area contributed by atoms with Gasteiger partial charge in [0.05, 0.1) is 19.4 Å². The average molecular weight is 376 g/mol. The zero-order valence-corrected chi connectivity index (χ0v) is 15.6. The molecule has 138 valence electrons. The largest absolute Gasteiger partial charge is 0.495 e. The Bertz CT molecular complexity index is 759. The minimum absolute atomic E-state index is 0.0720. The van der Waals surface area contributed by atoms with Crippen LogP contribution in [0.4, 0.5) is 5.69 Å². The van der Waals surface area contributed by atoms with E-state index in [1.54, 1.807) is 42.5 Å².